The van der Waals surface area contributed by atoms with E-state index in [1.165, 1.54) is 0 Å². The predicted molar refractivity (Wildman–Crippen MR) is 107 cm³/mol. The van der Waals surface area contributed by atoms with E-state index in [4.69, 9.17) is 4.74 Å². The van der Waals surface area contributed by atoms with Crippen LogP contribution in [0, 0.1) is 6.08 Å². The molecule has 2 N–H and O–H groups in total. The van der Waals surface area contributed by atoms with E-state index in [1.807, 2.05) is 0 Å². The summed E-state index contributed by atoms with van der Waals surface area (Å²) in [6.45, 7) is 1.64. The number of rotatable bonds is 5. The third kappa shape index (κ3) is 4.13. The minimum Gasteiger partial charge on any atom is -0.370 e. The highest BCUT2D eigenvalue weighted by Crippen LogP contribution is 2.23. The Morgan fingerprint density at radius 3 is 2.62 bits per heavy atom. The molecule has 149 valence electrons. The lowest BCUT2D eigenvalue weighted by Crippen LogP contribution is -2.41. The van der Waals surface area contributed by atoms with E-state index in [-0.39, 0.29) is 32.3 Å². The predicted octanol–water partition coefficient (Wildman–Crippen LogP) is 1.29. The van der Waals surface area contributed by atoms with Gasteiger partial charge in [0.25, 0.3) is 17.7 Å². The minimum absolute atomic E-state index is 0. The molecule has 0 aliphatic carbocycles. The molecule has 1 aromatic heterocycles. The van der Waals surface area contributed by atoms with Crippen molar-refractivity contribution in [1.29, 1.82) is 0 Å². The molecule has 29 heavy (non-hydrogen) atoms. The van der Waals surface area contributed by atoms with Crippen LogP contribution in [0.15, 0.2) is 53.9 Å². The number of hydrogen-bond acceptors (Lipinski definition) is 4. The summed E-state index contributed by atoms with van der Waals surface area (Å²) in [5.74, 6) is -0.621. The quantitative estimate of drug-likeness (QED) is 0.749. The maximum atomic E-state index is 12.3. The topological polar surface area (TPSA) is 94.7 Å². The molecule has 2 aromatic rings. The van der Waals surface area contributed by atoms with Crippen LogP contribution in [0.25, 0.3) is 0 Å². The first-order valence-corrected chi connectivity index (χ1v) is 9.20. The van der Waals surface area contributed by atoms with Gasteiger partial charge >= 0.3 is 0 Å². The molecule has 1 fully saturated rings. The summed E-state index contributed by atoms with van der Waals surface area (Å²) in [5.41, 5.74) is 5.47. The minimum atomic E-state index is -0.306. The second kappa shape index (κ2) is 8.18. The summed E-state index contributed by atoms with van der Waals surface area (Å²) in [5, 5.41) is 2.79. The number of morpholine rings is 1. The number of H-pyrrole nitrogens is 1. The van der Waals surface area contributed by atoms with Crippen LogP contribution in [0.5, 0.6) is 0 Å². The number of aromatic amines is 1. The second-order valence-electron chi connectivity index (χ2n) is 6.63. The van der Waals surface area contributed by atoms with Gasteiger partial charge in [0.2, 0.25) is 0 Å². The molecule has 3 heterocycles. The monoisotopic (exact) mass is 393 g/mol. The van der Waals surface area contributed by atoms with Crippen molar-refractivity contribution < 1.29 is 20.5 Å². The maximum Gasteiger partial charge on any atom is 0.267 e. The number of nitrogens with one attached hydrogen (secondary N) is 2. The number of aromatic nitrogens is 1. The van der Waals surface area contributed by atoms with Gasteiger partial charge in [-0.25, -0.2) is 0 Å². The Morgan fingerprint density at radius 1 is 1.17 bits per heavy atom. The average Bonchev–Trinajstić information content (AvgIpc) is 3.29. The molecule has 0 unspecified atom stereocenters. The van der Waals surface area contributed by atoms with Crippen LogP contribution in [-0.2, 0) is 14.3 Å². The molecular weight excluding hydrogens is 372 g/mol. The normalized spacial score (nSPS) is 16.8. The number of hydrogen-bond donors (Lipinski definition) is 2. The molecule has 8 nitrogen and oxygen atoms in total. The highest BCUT2D eigenvalue weighted by atomic mass is 16.5. The van der Waals surface area contributed by atoms with Crippen molar-refractivity contribution in [2.75, 3.05) is 42.6 Å². The van der Waals surface area contributed by atoms with Crippen LogP contribution in [0.2, 0.25) is 0 Å². The van der Waals surface area contributed by atoms with Crippen molar-refractivity contribution in [3.63, 3.8) is 0 Å². The summed E-state index contributed by atoms with van der Waals surface area (Å²) in [6, 6.07) is 10.6. The Labute approximate surface area is 168 Å². The number of carbonyl (C=O) groups excluding carboxylic acids is 3. The summed E-state index contributed by atoms with van der Waals surface area (Å²) >= 11 is 0. The first kappa shape index (κ1) is 18.7. The van der Waals surface area contributed by atoms with Gasteiger partial charge in [-0.05, 0) is 36.4 Å². The number of amides is 3. The maximum absolute atomic E-state index is 12.3. The van der Waals surface area contributed by atoms with E-state index < -0.39 is 0 Å². The van der Waals surface area contributed by atoms with E-state index >= 15 is 0 Å². The van der Waals surface area contributed by atoms with Crippen LogP contribution < -0.4 is 15.1 Å². The summed E-state index contributed by atoms with van der Waals surface area (Å²) in [4.78, 5) is 42.4. The van der Waals surface area contributed by atoms with E-state index in [1.54, 1.807) is 52.4 Å². The van der Waals surface area contributed by atoms with Gasteiger partial charge in [0.1, 0.15) is 18.4 Å². The van der Waals surface area contributed by atoms with Gasteiger partial charge in [-0.15, -0.1) is 5.73 Å². The number of benzene rings is 1. The molecule has 3 amide bonds. The first-order valence-electron chi connectivity index (χ1n) is 9.20. The van der Waals surface area contributed by atoms with Crippen molar-refractivity contribution in [3.8, 4) is 0 Å². The van der Waals surface area contributed by atoms with Crippen molar-refractivity contribution in [2.45, 2.75) is 0 Å². The molecule has 0 atom stereocenters. The Kier molecular flexibility index (Phi) is 5.29. The van der Waals surface area contributed by atoms with Crippen LogP contribution in [0.1, 0.15) is 11.9 Å². The molecule has 4 rings (SSSR count). The highest BCUT2D eigenvalue weighted by Gasteiger charge is 2.22. The summed E-state index contributed by atoms with van der Waals surface area (Å²) < 4.78 is 5.15. The van der Waals surface area contributed by atoms with Crippen molar-refractivity contribution in [1.82, 2.24) is 10.3 Å². The highest BCUT2D eigenvalue weighted by molar-refractivity contribution is 6.00. The molecule has 0 spiro atoms. The van der Waals surface area contributed by atoms with Gasteiger partial charge in [0.15, 0.2) is 0 Å². The van der Waals surface area contributed by atoms with Gasteiger partial charge in [-0.1, -0.05) is 0 Å². The lowest BCUT2D eigenvalue weighted by Gasteiger charge is -2.28. The second-order valence-corrected chi connectivity index (χ2v) is 6.63. The van der Waals surface area contributed by atoms with Crippen LogP contribution in [0.3, 0.4) is 0 Å². The van der Waals surface area contributed by atoms with Gasteiger partial charge in [0.05, 0.1) is 13.2 Å². The molecule has 1 radical (unpaired) electrons. The lowest BCUT2D eigenvalue weighted by molar-refractivity contribution is -0.125. The average molecular weight is 393 g/mol. The fourth-order valence-corrected chi connectivity index (χ4v) is 3.18. The Morgan fingerprint density at radius 2 is 1.93 bits per heavy atom. The van der Waals surface area contributed by atoms with Gasteiger partial charge in [-0.2, -0.15) is 0 Å². The zero-order valence-electron chi connectivity index (χ0n) is 15.6. The van der Waals surface area contributed by atoms with E-state index in [9.17, 15) is 14.4 Å². The number of ether oxygens (including phenoxy) is 1. The van der Waals surface area contributed by atoms with Crippen LogP contribution in [-0.4, -0.2) is 55.6 Å². The summed E-state index contributed by atoms with van der Waals surface area (Å²) in [6.07, 6.45) is 4.26. The zero-order valence-corrected chi connectivity index (χ0v) is 15.6. The molecule has 8 heteroatoms. The Hall–Kier alpha value is -3.61. The van der Waals surface area contributed by atoms with Crippen LogP contribution in [0.4, 0.5) is 11.4 Å². The molecule has 1 saturated heterocycles. The van der Waals surface area contributed by atoms with Crippen molar-refractivity contribution in [3.05, 3.63) is 65.7 Å². The molecule has 0 bridgehead atoms. The lowest BCUT2D eigenvalue weighted by atomic mass is 10.1. The van der Waals surface area contributed by atoms with Crippen molar-refractivity contribution in [2.24, 2.45) is 0 Å². The standard InChI is InChI=1S/C21H19N4O4.H2/c26-19-8-3-15(12-23-21(28)18-2-1-9-22-18)13-25(19)17-6-4-16(5-7-17)24-10-11-29-14-20(24)27;/h1-2,4-7,9,22H,10-14H2,(H,23,28);1H. The third-order valence-electron chi connectivity index (χ3n) is 4.70. The van der Waals surface area contributed by atoms with Gasteiger partial charge in [0, 0.05) is 37.7 Å². The number of anilines is 2. The van der Waals surface area contributed by atoms with E-state index in [2.05, 4.69) is 22.1 Å². The molecule has 2 aliphatic heterocycles. The molecule has 0 saturated carbocycles. The Balaban J connectivity index is 0.00000256. The largest absolute Gasteiger partial charge is 0.370 e. The summed E-state index contributed by atoms with van der Waals surface area (Å²) in [7, 11) is 0. The number of nitrogens with zero attached hydrogens (tertiary/aromatic N) is 2. The van der Waals surface area contributed by atoms with Gasteiger partial charge < -0.3 is 24.8 Å². The van der Waals surface area contributed by atoms with E-state index in [0.717, 1.165) is 11.3 Å². The van der Waals surface area contributed by atoms with Crippen LogP contribution >= 0.6 is 0 Å². The smallest absolute Gasteiger partial charge is 0.267 e. The molecule has 2 aliphatic rings. The van der Waals surface area contributed by atoms with Gasteiger partial charge in [-0.3, -0.25) is 14.4 Å². The first-order chi connectivity index (χ1) is 14.1. The Bertz CT molecular complexity index is 995. The van der Waals surface area contributed by atoms with Crippen molar-refractivity contribution >= 4 is 29.1 Å². The molecular formula is C21H21N4O4. The SMILES string of the molecule is O=C(NCC1=C=[C]C(=O)N(c2ccc(N3CCOCC3=O)cc2)C1)c1ccc[nH]1.[HH]. The molecule has 1 aromatic carbocycles. The van der Waals surface area contributed by atoms with E-state index in [0.29, 0.717) is 31.1 Å². The zero-order chi connectivity index (χ0) is 20.2. The fraction of sp³-hybridized carbons (Fsp3) is 0.238. The number of carbonyl (C=O) groups is 3. The fourth-order valence-electron chi connectivity index (χ4n) is 3.18. The third-order valence-corrected chi connectivity index (χ3v) is 4.70.